The molecule has 2 heteroatoms. The smallest absolute Gasteiger partial charge is 0.283 e. The number of rotatable bonds is 1. The van der Waals surface area contributed by atoms with E-state index in [0.29, 0.717) is 0 Å². The molecule has 62 valence electrons. The quantitative estimate of drug-likeness (QED) is 0.643. The van der Waals surface area contributed by atoms with Crippen molar-refractivity contribution >= 4 is 5.57 Å². The Morgan fingerprint density at radius 3 is 2.08 bits per heavy atom. The van der Waals surface area contributed by atoms with Crippen LogP contribution in [0.2, 0.25) is 0 Å². The first-order valence-electron chi connectivity index (χ1n) is 3.46. The van der Waals surface area contributed by atoms with E-state index < -0.39 is 0 Å². The lowest BCUT2D eigenvalue weighted by Gasteiger charge is -1.94. The zero-order chi connectivity index (χ0) is 9.40. The molecular weight excluding hydrogens is 150 g/mol. The summed E-state index contributed by atoms with van der Waals surface area (Å²) in [6.07, 6.45) is 0.750. The highest BCUT2D eigenvalue weighted by atomic mass is 16.2. The van der Waals surface area contributed by atoms with Crippen molar-refractivity contribution in [2.45, 2.75) is 6.92 Å². The van der Waals surface area contributed by atoms with Gasteiger partial charge in [0.05, 0.1) is 0 Å². The number of nitriles is 1. The third kappa shape index (κ3) is 4.13. The molecule has 0 unspecified atom stereocenters. The van der Waals surface area contributed by atoms with Crippen LogP contribution in [0.25, 0.3) is 5.57 Å². The van der Waals surface area contributed by atoms with Gasteiger partial charge in [0.2, 0.25) is 0 Å². The zero-order valence-electron chi connectivity index (χ0n) is 6.99. The van der Waals surface area contributed by atoms with Gasteiger partial charge in [-0.1, -0.05) is 42.5 Å². The van der Waals surface area contributed by atoms with Crippen molar-refractivity contribution in [3.63, 3.8) is 0 Å². The van der Waals surface area contributed by atoms with Crippen LogP contribution < -0.4 is 0 Å². The maximum Gasteiger partial charge on any atom is 0.283 e. The minimum Gasteiger partial charge on any atom is -0.443 e. The first-order valence-corrected chi connectivity index (χ1v) is 3.46. The second kappa shape index (κ2) is 5.99. The third-order valence-electron chi connectivity index (χ3n) is 1.27. The Hall–Kier alpha value is -1.75. The van der Waals surface area contributed by atoms with Crippen LogP contribution in [0.4, 0.5) is 0 Å². The topological polar surface area (TPSA) is 44.0 Å². The van der Waals surface area contributed by atoms with Crippen molar-refractivity contribution in [2.75, 3.05) is 0 Å². The molecule has 1 N–H and O–H groups in total. The second-order valence-electron chi connectivity index (χ2n) is 2.25. The third-order valence-corrected chi connectivity index (χ3v) is 1.27. The van der Waals surface area contributed by atoms with Gasteiger partial charge in [0.15, 0.2) is 0 Å². The Labute approximate surface area is 72.4 Å². The fourth-order valence-electron chi connectivity index (χ4n) is 0.723. The van der Waals surface area contributed by atoms with Gasteiger partial charge in [0.1, 0.15) is 0 Å². The van der Waals surface area contributed by atoms with E-state index in [1.165, 1.54) is 5.56 Å². The molecule has 0 saturated carbocycles. The van der Waals surface area contributed by atoms with E-state index in [-0.39, 0.29) is 0 Å². The van der Waals surface area contributed by atoms with E-state index >= 15 is 0 Å². The summed E-state index contributed by atoms with van der Waals surface area (Å²) in [7, 11) is 0. The zero-order valence-corrected chi connectivity index (χ0v) is 6.99. The molecule has 0 aliphatic carbocycles. The van der Waals surface area contributed by atoms with Gasteiger partial charge in [0, 0.05) is 0 Å². The van der Waals surface area contributed by atoms with E-state index in [0.717, 1.165) is 11.8 Å². The number of hydrogen-bond donors (Lipinski definition) is 1. The van der Waals surface area contributed by atoms with E-state index in [2.05, 4.69) is 18.7 Å². The monoisotopic (exact) mass is 161 g/mol. The Bertz CT molecular complexity index is 272. The molecule has 1 aromatic rings. The van der Waals surface area contributed by atoms with Crippen LogP contribution in [-0.4, -0.2) is 5.11 Å². The first-order chi connectivity index (χ1) is 5.72. The Morgan fingerprint density at radius 1 is 1.42 bits per heavy atom. The highest BCUT2D eigenvalue weighted by Crippen LogP contribution is 2.08. The molecule has 0 atom stereocenters. The summed E-state index contributed by atoms with van der Waals surface area (Å²) < 4.78 is 0. The lowest BCUT2D eigenvalue weighted by molar-refractivity contribution is 0.503. The van der Waals surface area contributed by atoms with Crippen LogP contribution in [0.3, 0.4) is 0 Å². The average Bonchev–Trinajstić information content (AvgIpc) is 2.07. The predicted octanol–water partition coefficient (Wildman–Crippen LogP) is 2.56. The molecule has 0 amide bonds. The molecule has 0 bridgehead atoms. The Morgan fingerprint density at radius 2 is 1.83 bits per heavy atom. The van der Waals surface area contributed by atoms with Gasteiger partial charge in [-0.3, -0.25) is 0 Å². The number of aliphatic hydroxyl groups excluding tert-OH is 1. The van der Waals surface area contributed by atoms with Crippen molar-refractivity contribution < 1.29 is 5.11 Å². The summed E-state index contributed by atoms with van der Waals surface area (Å²) >= 11 is 0. The molecule has 1 aromatic carbocycles. The lowest BCUT2D eigenvalue weighted by Crippen LogP contribution is -1.72. The van der Waals surface area contributed by atoms with E-state index in [1.54, 1.807) is 0 Å². The summed E-state index contributed by atoms with van der Waals surface area (Å²) in [5.74, 6) is 0. The maximum absolute atomic E-state index is 6.88. The molecule has 0 aliphatic heterocycles. The summed E-state index contributed by atoms with van der Waals surface area (Å²) in [6, 6.07) is 10.2. The number of hydrogen-bond acceptors (Lipinski definition) is 2. The lowest BCUT2D eigenvalue weighted by atomic mass is 10.1. The van der Waals surface area contributed by atoms with Gasteiger partial charge in [-0.2, -0.15) is 5.26 Å². The minimum atomic E-state index is 0.750. The molecule has 0 spiro atoms. The molecule has 2 nitrogen and oxygen atoms in total. The molecule has 1 rings (SSSR count). The summed E-state index contributed by atoms with van der Waals surface area (Å²) in [6.45, 7) is 5.83. The van der Waals surface area contributed by atoms with Crippen LogP contribution in [0.15, 0.2) is 36.9 Å². The van der Waals surface area contributed by atoms with Crippen LogP contribution in [-0.2, 0) is 0 Å². The molecule has 0 aromatic heterocycles. The fraction of sp³-hybridized carbons (Fsp3) is 0.100. The largest absolute Gasteiger partial charge is 0.443 e. The average molecular weight is 161 g/mol. The number of benzene rings is 1. The Balaban J connectivity index is 0.000000354. The van der Waals surface area contributed by atoms with Gasteiger partial charge < -0.3 is 5.11 Å². The highest BCUT2D eigenvalue weighted by molar-refractivity contribution is 5.60. The van der Waals surface area contributed by atoms with E-state index in [4.69, 9.17) is 10.4 Å². The molecule has 0 radical (unpaired) electrons. The molecule has 0 aliphatic rings. The van der Waals surface area contributed by atoms with Gasteiger partial charge in [-0.05, 0) is 12.5 Å². The molecule has 12 heavy (non-hydrogen) atoms. The number of nitrogens with zero attached hydrogens (tertiary/aromatic N) is 1. The van der Waals surface area contributed by atoms with Gasteiger partial charge >= 0.3 is 0 Å². The summed E-state index contributed by atoms with van der Waals surface area (Å²) in [4.78, 5) is 0. The van der Waals surface area contributed by atoms with Gasteiger partial charge in [-0.15, -0.1) is 0 Å². The SMILES string of the molecule is C=C(C)c1ccccc1.N#CO. The minimum absolute atomic E-state index is 0.750. The van der Waals surface area contributed by atoms with Crippen molar-refractivity contribution in [3.05, 3.63) is 42.5 Å². The van der Waals surface area contributed by atoms with E-state index in [1.807, 2.05) is 25.1 Å². The van der Waals surface area contributed by atoms with E-state index in [9.17, 15) is 0 Å². The highest BCUT2D eigenvalue weighted by Gasteiger charge is 1.86. The van der Waals surface area contributed by atoms with Crippen LogP contribution >= 0.6 is 0 Å². The van der Waals surface area contributed by atoms with Crippen molar-refractivity contribution in [1.29, 1.82) is 5.26 Å². The van der Waals surface area contributed by atoms with Crippen molar-refractivity contribution in [1.82, 2.24) is 0 Å². The number of aliphatic hydroxyl groups is 1. The molecule has 0 heterocycles. The number of allylic oxidation sites excluding steroid dienone is 1. The first kappa shape index (κ1) is 10.2. The predicted molar refractivity (Wildman–Crippen MR) is 48.7 cm³/mol. The summed E-state index contributed by atoms with van der Waals surface area (Å²) in [5, 5.41) is 13.8. The van der Waals surface area contributed by atoms with Crippen LogP contribution in [0.1, 0.15) is 12.5 Å². The standard InChI is InChI=1S/C9H10.CHNO/c1-8(2)9-6-4-3-5-7-9;2-1-3/h3-7H,1H2,2H3;3H. The van der Waals surface area contributed by atoms with Crippen LogP contribution in [0, 0.1) is 11.5 Å². The van der Waals surface area contributed by atoms with Gasteiger partial charge in [-0.25, -0.2) is 0 Å². The van der Waals surface area contributed by atoms with Crippen LogP contribution in [0.5, 0.6) is 0 Å². The normalized spacial score (nSPS) is 7.33. The fourth-order valence-corrected chi connectivity index (χ4v) is 0.723. The second-order valence-corrected chi connectivity index (χ2v) is 2.25. The Kier molecular flexibility index (Phi) is 5.12. The van der Waals surface area contributed by atoms with Crippen molar-refractivity contribution in [2.24, 2.45) is 0 Å². The molecular formula is C10H11NO. The van der Waals surface area contributed by atoms with Gasteiger partial charge in [0.25, 0.3) is 6.26 Å². The maximum atomic E-state index is 6.88. The molecule has 0 saturated heterocycles. The molecule has 0 fully saturated rings. The van der Waals surface area contributed by atoms with Crippen molar-refractivity contribution in [3.8, 4) is 6.26 Å². The summed E-state index contributed by atoms with van der Waals surface area (Å²) in [5.41, 5.74) is 2.34.